The first-order valence-corrected chi connectivity index (χ1v) is 7.92. The predicted molar refractivity (Wildman–Crippen MR) is 71.0 cm³/mol. The summed E-state index contributed by atoms with van der Waals surface area (Å²) in [6, 6.07) is 1.03. The summed E-state index contributed by atoms with van der Waals surface area (Å²) in [6.45, 7) is 2.25. The van der Waals surface area contributed by atoms with Gasteiger partial charge in [-0.1, -0.05) is 26.2 Å². The number of aliphatic hydroxyl groups excluding tert-OH is 1. The molecule has 0 saturated heterocycles. The zero-order valence-corrected chi connectivity index (χ0v) is 11.1. The topological polar surface area (TPSA) is 32.3 Å². The van der Waals surface area contributed by atoms with E-state index in [1.165, 1.54) is 44.3 Å². The van der Waals surface area contributed by atoms with Gasteiger partial charge < -0.3 is 10.4 Å². The molecule has 16 heavy (non-hydrogen) atoms. The van der Waals surface area contributed by atoms with Crippen molar-refractivity contribution in [1.29, 1.82) is 0 Å². The number of hydrogen-bond acceptors (Lipinski definition) is 3. The van der Waals surface area contributed by atoms with Crippen LogP contribution >= 0.6 is 11.8 Å². The molecule has 2 aliphatic carbocycles. The zero-order valence-electron chi connectivity index (χ0n) is 10.3. The molecule has 0 aromatic heterocycles. The molecule has 2 saturated carbocycles. The number of hydrogen-bond donors (Lipinski definition) is 2. The number of aliphatic hydroxyl groups is 1. The summed E-state index contributed by atoms with van der Waals surface area (Å²) < 4.78 is 0. The first kappa shape index (κ1) is 12.7. The van der Waals surface area contributed by atoms with Crippen molar-refractivity contribution in [2.24, 2.45) is 0 Å². The molecule has 0 aromatic rings. The number of rotatable bonds is 4. The second-order valence-corrected chi connectivity index (χ2v) is 6.67. The fraction of sp³-hybridized carbons (Fsp3) is 1.00. The molecule has 0 aliphatic heterocycles. The maximum absolute atomic E-state index is 9.98. The van der Waals surface area contributed by atoms with Crippen molar-refractivity contribution in [3.05, 3.63) is 0 Å². The Hall–Kier alpha value is 0.270. The molecule has 2 nitrogen and oxygen atoms in total. The third-order valence-corrected chi connectivity index (χ3v) is 5.32. The van der Waals surface area contributed by atoms with E-state index in [1.54, 1.807) is 0 Å². The highest BCUT2D eigenvalue weighted by Crippen LogP contribution is 2.31. The molecule has 0 spiro atoms. The van der Waals surface area contributed by atoms with Crippen LogP contribution in [0.5, 0.6) is 0 Å². The van der Waals surface area contributed by atoms with E-state index in [9.17, 15) is 5.11 Å². The molecule has 4 atom stereocenters. The van der Waals surface area contributed by atoms with Crippen LogP contribution in [0.3, 0.4) is 0 Å². The lowest BCUT2D eigenvalue weighted by atomic mass is 9.92. The first-order valence-electron chi connectivity index (χ1n) is 6.87. The SMILES string of the molecule is CCSC1CCCC1N[C@@H]1CCCC[C@H]1O. The van der Waals surface area contributed by atoms with Crippen LogP contribution in [0.15, 0.2) is 0 Å². The molecular formula is C13H25NOS. The molecular weight excluding hydrogens is 218 g/mol. The van der Waals surface area contributed by atoms with Crippen molar-refractivity contribution < 1.29 is 5.11 Å². The summed E-state index contributed by atoms with van der Waals surface area (Å²) in [6.07, 6.45) is 8.58. The van der Waals surface area contributed by atoms with E-state index in [2.05, 4.69) is 24.0 Å². The van der Waals surface area contributed by atoms with Gasteiger partial charge in [-0.3, -0.25) is 0 Å². The van der Waals surface area contributed by atoms with E-state index in [0.717, 1.165) is 11.7 Å². The molecule has 0 amide bonds. The maximum atomic E-state index is 9.98. The highest BCUT2D eigenvalue weighted by molar-refractivity contribution is 7.99. The van der Waals surface area contributed by atoms with E-state index in [1.807, 2.05) is 0 Å². The minimum Gasteiger partial charge on any atom is -0.392 e. The van der Waals surface area contributed by atoms with Crippen LogP contribution in [-0.2, 0) is 0 Å². The smallest absolute Gasteiger partial charge is 0.0693 e. The molecule has 2 aliphatic rings. The maximum Gasteiger partial charge on any atom is 0.0693 e. The van der Waals surface area contributed by atoms with Gasteiger partial charge >= 0.3 is 0 Å². The van der Waals surface area contributed by atoms with Crippen LogP contribution in [0, 0.1) is 0 Å². The first-order chi connectivity index (χ1) is 7.81. The number of nitrogens with one attached hydrogen (secondary N) is 1. The van der Waals surface area contributed by atoms with Gasteiger partial charge in [0.05, 0.1) is 6.10 Å². The van der Waals surface area contributed by atoms with E-state index in [-0.39, 0.29) is 6.10 Å². The fourth-order valence-corrected chi connectivity index (χ4v) is 4.32. The van der Waals surface area contributed by atoms with Gasteiger partial charge in [-0.25, -0.2) is 0 Å². The van der Waals surface area contributed by atoms with Gasteiger partial charge in [-0.05, 0) is 31.4 Å². The number of thioether (sulfide) groups is 1. The molecule has 3 heteroatoms. The van der Waals surface area contributed by atoms with Gasteiger partial charge in [0.1, 0.15) is 0 Å². The van der Waals surface area contributed by atoms with Crippen molar-refractivity contribution in [2.45, 2.75) is 75.3 Å². The summed E-state index contributed by atoms with van der Waals surface area (Å²) in [4.78, 5) is 0. The molecule has 0 bridgehead atoms. The third-order valence-electron chi connectivity index (χ3n) is 3.99. The molecule has 0 aromatic carbocycles. The summed E-state index contributed by atoms with van der Waals surface area (Å²) in [7, 11) is 0. The molecule has 94 valence electrons. The third kappa shape index (κ3) is 3.14. The molecule has 2 N–H and O–H groups in total. The van der Waals surface area contributed by atoms with E-state index in [0.29, 0.717) is 12.1 Å². The highest BCUT2D eigenvalue weighted by atomic mass is 32.2. The molecule has 0 heterocycles. The largest absolute Gasteiger partial charge is 0.392 e. The highest BCUT2D eigenvalue weighted by Gasteiger charge is 2.31. The Morgan fingerprint density at radius 3 is 2.56 bits per heavy atom. The fourth-order valence-electron chi connectivity index (χ4n) is 3.11. The Kier molecular flexibility index (Phi) is 4.98. The van der Waals surface area contributed by atoms with Crippen molar-refractivity contribution in [2.75, 3.05) is 5.75 Å². The van der Waals surface area contributed by atoms with Gasteiger partial charge in [-0.15, -0.1) is 0 Å². The lowest BCUT2D eigenvalue weighted by Crippen LogP contribution is -2.49. The quantitative estimate of drug-likeness (QED) is 0.796. The van der Waals surface area contributed by atoms with E-state index >= 15 is 0 Å². The van der Waals surface area contributed by atoms with Crippen molar-refractivity contribution in [3.8, 4) is 0 Å². The van der Waals surface area contributed by atoms with Gasteiger partial charge in [0.25, 0.3) is 0 Å². The van der Waals surface area contributed by atoms with Crippen LogP contribution in [0.25, 0.3) is 0 Å². The molecule has 2 fully saturated rings. The van der Waals surface area contributed by atoms with Gasteiger partial charge in [0.15, 0.2) is 0 Å². The lowest BCUT2D eigenvalue weighted by Gasteiger charge is -2.33. The van der Waals surface area contributed by atoms with Crippen molar-refractivity contribution in [3.63, 3.8) is 0 Å². The standard InChI is InChI=1S/C13H25NOS/c1-2-16-13-9-5-7-11(13)14-10-6-3-4-8-12(10)15/h10-15H,2-9H2,1H3/t10-,11?,12-,13?/m1/s1. The average molecular weight is 243 g/mol. The predicted octanol–water partition coefficient (Wildman–Crippen LogP) is 2.55. The summed E-state index contributed by atoms with van der Waals surface area (Å²) in [5.41, 5.74) is 0. The zero-order chi connectivity index (χ0) is 11.4. The van der Waals surface area contributed by atoms with Crippen LogP contribution < -0.4 is 5.32 Å². The van der Waals surface area contributed by atoms with Crippen LogP contribution in [0.1, 0.15) is 51.9 Å². The molecule has 2 unspecified atom stereocenters. The summed E-state index contributed by atoms with van der Waals surface area (Å²) in [5, 5.41) is 14.5. The minimum atomic E-state index is -0.0957. The Balaban J connectivity index is 1.82. The average Bonchev–Trinajstić information content (AvgIpc) is 2.70. The Morgan fingerprint density at radius 2 is 1.81 bits per heavy atom. The summed E-state index contributed by atoms with van der Waals surface area (Å²) in [5.74, 6) is 1.22. The van der Waals surface area contributed by atoms with Gasteiger partial charge in [0.2, 0.25) is 0 Å². The van der Waals surface area contributed by atoms with Crippen LogP contribution in [0.2, 0.25) is 0 Å². The Morgan fingerprint density at radius 1 is 1.06 bits per heavy atom. The van der Waals surface area contributed by atoms with E-state index < -0.39 is 0 Å². The monoisotopic (exact) mass is 243 g/mol. The lowest BCUT2D eigenvalue weighted by molar-refractivity contribution is 0.0855. The van der Waals surface area contributed by atoms with Crippen molar-refractivity contribution in [1.82, 2.24) is 5.32 Å². The van der Waals surface area contributed by atoms with E-state index in [4.69, 9.17) is 0 Å². The molecule has 2 rings (SSSR count). The normalized spacial score (nSPS) is 40.1. The second-order valence-electron chi connectivity index (χ2n) is 5.16. The van der Waals surface area contributed by atoms with Crippen LogP contribution in [-0.4, -0.2) is 34.3 Å². The molecule has 0 radical (unpaired) electrons. The summed E-state index contributed by atoms with van der Waals surface area (Å²) >= 11 is 2.09. The minimum absolute atomic E-state index is 0.0957. The van der Waals surface area contributed by atoms with Gasteiger partial charge in [-0.2, -0.15) is 11.8 Å². The Labute approximate surface area is 104 Å². The van der Waals surface area contributed by atoms with Crippen molar-refractivity contribution >= 4 is 11.8 Å². The Bertz CT molecular complexity index is 212. The van der Waals surface area contributed by atoms with Crippen LogP contribution in [0.4, 0.5) is 0 Å². The van der Waals surface area contributed by atoms with Gasteiger partial charge in [0, 0.05) is 17.3 Å². The second kappa shape index (κ2) is 6.27.